The topological polar surface area (TPSA) is 34.9 Å². The van der Waals surface area contributed by atoms with E-state index < -0.39 is 0 Å². The first kappa shape index (κ1) is 13.3. The van der Waals surface area contributed by atoms with E-state index in [0.29, 0.717) is 11.7 Å². The Morgan fingerprint density at radius 2 is 2.00 bits per heavy atom. The van der Waals surface area contributed by atoms with E-state index in [1.54, 1.807) is 16.8 Å². The minimum atomic E-state index is -0.0718. The second-order valence-corrected chi connectivity index (χ2v) is 5.72. The third kappa shape index (κ3) is 2.62. The predicted molar refractivity (Wildman–Crippen MR) is 84.3 cm³/mol. The molecule has 2 aromatic heterocycles. The molecule has 2 heterocycles. The first-order chi connectivity index (χ1) is 9.63. The zero-order valence-corrected chi connectivity index (χ0v) is 12.7. The van der Waals surface area contributed by atoms with Crippen LogP contribution in [0.5, 0.6) is 0 Å². The van der Waals surface area contributed by atoms with Gasteiger partial charge < -0.3 is 4.57 Å². The lowest BCUT2D eigenvalue weighted by atomic mass is 10.1. The van der Waals surface area contributed by atoms with Crippen LogP contribution in [0.2, 0.25) is 5.15 Å². The summed E-state index contributed by atoms with van der Waals surface area (Å²) in [6.07, 6.45) is 1.74. The van der Waals surface area contributed by atoms with E-state index in [2.05, 4.69) is 20.9 Å². The second kappa shape index (κ2) is 5.38. The third-order valence-electron chi connectivity index (χ3n) is 3.04. The zero-order chi connectivity index (χ0) is 14.1. The van der Waals surface area contributed by atoms with Crippen molar-refractivity contribution in [2.45, 2.75) is 6.54 Å². The van der Waals surface area contributed by atoms with Gasteiger partial charge in [-0.3, -0.25) is 4.79 Å². The standard InChI is InChI=1S/C15H10BrClN2O/c16-12-5-6-14(20)19(9-12)8-11-7-10-3-1-2-4-13(10)18-15(11)17/h1-7,9H,8H2. The number of para-hydroxylation sites is 1. The van der Waals surface area contributed by atoms with Crippen LogP contribution in [0.3, 0.4) is 0 Å². The molecule has 0 aliphatic carbocycles. The van der Waals surface area contributed by atoms with Crippen molar-refractivity contribution in [3.05, 3.63) is 74.2 Å². The molecular weight excluding hydrogens is 340 g/mol. The molecule has 100 valence electrons. The van der Waals surface area contributed by atoms with Crippen molar-refractivity contribution < 1.29 is 0 Å². The first-order valence-electron chi connectivity index (χ1n) is 6.03. The van der Waals surface area contributed by atoms with Crippen LogP contribution in [0.1, 0.15) is 5.56 Å². The lowest BCUT2D eigenvalue weighted by Crippen LogP contribution is -2.19. The van der Waals surface area contributed by atoms with Crippen molar-refractivity contribution in [3.8, 4) is 0 Å². The Labute approximate surface area is 129 Å². The molecule has 0 aliphatic rings. The summed E-state index contributed by atoms with van der Waals surface area (Å²) in [6, 6.07) is 13.0. The normalized spacial score (nSPS) is 10.9. The van der Waals surface area contributed by atoms with Gasteiger partial charge in [0.2, 0.25) is 0 Å². The van der Waals surface area contributed by atoms with E-state index in [9.17, 15) is 4.79 Å². The van der Waals surface area contributed by atoms with E-state index in [0.717, 1.165) is 20.9 Å². The fraction of sp³-hybridized carbons (Fsp3) is 0.0667. The Morgan fingerprint density at radius 1 is 1.20 bits per heavy atom. The van der Waals surface area contributed by atoms with Gasteiger partial charge in [-0.05, 0) is 34.1 Å². The molecule has 3 aromatic rings. The maximum absolute atomic E-state index is 11.8. The van der Waals surface area contributed by atoms with Gasteiger partial charge in [-0.1, -0.05) is 29.8 Å². The minimum Gasteiger partial charge on any atom is -0.310 e. The van der Waals surface area contributed by atoms with Gasteiger partial charge in [-0.15, -0.1) is 0 Å². The number of hydrogen-bond donors (Lipinski definition) is 0. The summed E-state index contributed by atoms with van der Waals surface area (Å²) in [5.41, 5.74) is 1.60. The van der Waals surface area contributed by atoms with Crippen LogP contribution in [-0.4, -0.2) is 9.55 Å². The lowest BCUT2D eigenvalue weighted by Gasteiger charge is -2.09. The number of pyridine rings is 2. The number of aromatic nitrogens is 2. The highest BCUT2D eigenvalue weighted by Gasteiger charge is 2.07. The number of halogens is 2. The van der Waals surface area contributed by atoms with Gasteiger partial charge in [0.15, 0.2) is 0 Å². The van der Waals surface area contributed by atoms with E-state index >= 15 is 0 Å². The predicted octanol–water partition coefficient (Wildman–Crippen LogP) is 3.86. The molecule has 0 fully saturated rings. The summed E-state index contributed by atoms with van der Waals surface area (Å²) < 4.78 is 2.45. The summed E-state index contributed by atoms with van der Waals surface area (Å²) in [5, 5.41) is 1.44. The van der Waals surface area contributed by atoms with Crippen molar-refractivity contribution in [1.82, 2.24) is 9.55 Å². The molecule has 0 spiro atoms. The number of fused-ring (bicyclic) bond motifs is 1. The van der Waals surface area contributed by atoms with Gasteiger partial charge in [0, 0.05) is 27.7 Å². The molecule has 0 bridgehead atoms. The van der Waals surface area contributed by atoms with Crippen LogP contribution in [0, 0.1) is 0 Å². The molecule has 1 aromatic carbocycles. The number of hydrogen-bond acceptors (Lipinski definition) is 2. The van der Waals surface area contributed by atoms with Gasteiger partial charge in [0.05, 0.1) is 12.1 Å². The van der Waals surface area contributed by atoms with Crippen LogP contribution in [0.4, 0.5) is 0 Å². The average Bonchev–Trinajstić information content (AvgIpc) is 2.43. The summed E-state index contributed by atoms with van der Waals surface area (Å²) in [7, 11) is 0. The first-order valence-corrected chi connectivity index (χ1v) is 7.21. The Balaban J connectivity index is 2.08. The smallest absolute Gasteiger partial charge is 0.250 e. The molecule has 0 unspecified atom stereocenters. The molecule has 0 radical (unpaired) electrons. The third-order valence-corrected chi connectivity index (χ3v) is 3.83. The van der Waals surface area contributed by atoms with Crippen LogP contribution in [-0.2, 0) is 6.54 Å². The maximum atomic E-state index is 11.8. The number of benzene rings is 1. The molecule has 0 amide bonds. The molecule has 0 saturated heterocycles. The van der Waals surface area contributed by atoms with Crippen LogP contribution < -0.4 is 5.56 Å². The van der Waals surface area contributed by atoms with E-state index in [-0.39, 0.29) is 5.56 Å². The highest BCUT2D eigenvalue weighted by atomic mass is 79.9. The summed E-state index contributed by atoms with van der Waals surface area (Å²) in [4.78, 5) is 16.2. The van der Waals surface area contributed by atoms with Gasteiger partial charge >= 0.3 is 0 Å². The van der Waals surface area contributed by atoms with Gasteiger partial charge in [0.1, 0.15) is 5.15 Å². The Kier molecular flexibility index (Phi) is 3.59. The van der Waals surface area contributed by atoms with Gasteiger partial charge in [0.25, 0.3) is 5.56 Å². The maximum Gasteiger partial charge on any atom is 0.250 e. The van der Waals surface area contributed by atoms with Crippen molar-refractivity contribution in [2.75, 3.05) is 0 Å². The van der Waals surface area contributed by atoms with Gasteiger partial charge in [-0.25, -0.2) is 4.98 Å². The van der Waals surface area contributed by atoms with Gasteiger partial charge in [-0.2, -0.15) is 0 Å². The monoisotopic (exact) mass is 348 g/mol. The Morgan fingerprint density at radius 3 is 2.85 bits per heavy atom. The minimum absolute atomic E-state index is 0.0718. The highest BCUT2D eigenvalue weighted by Crippen LogP contribution is 2.21. The highest BCUT2D eigenvalue weighted by molar-refractivity contribution is 9.10. The van der Waals surface area contributed by atoms with E-state index in [4.69, 9.17) is 11.6 Å². The quantitative estimate of drug-likeness (QED) is 0.659. The molecular formula is C15H10BrClN2O. The lowest BCUT2D eigenvalue weighted by molar-refractivity contribution is 0.755. The van der Waals surface area contributed by atoms with Crippen molar-refractivity contribution >= 4 is 38.4 Å². The summed E-state index contributed by atoms with van der Waals surface area (Å²) in [5.74, 6) is 0. The molecule has 3 rings (SSSR count). The number of rotatable bonds is 2. The molecule has 20 heavy (non-hydrogen) atoms. The molecule has 0 N–H and O–H groups in total. The second-order valence-electron chi connectivity index (χ2n) is 4.44. The fourth-order valence-electron chi connectivity index (χ4n) is 2.06. The molecule has 5 heteroatoms. The average molecular weight is 350 g/mol. The van der Waals surface area contributed by atoms with Crippen molar-refractivity contribution in [1.29, 1.82) is 0 Å². The molecule has 0 aliphatic heterocycles. The largest absolute Gasteiger partial charge is 0.310 e. The van der Waals surface area contributed by atoms with Crippen LogP contribution in [0.25, 0.3) is 10.9 Å². The number of nitrogens with zero attached hydrogens (tertiary/aromatic N) is 2. The fourth-order valence-corrected chi connectivity index (χ4v) is 2.64. The van der Waals surface area contributed by atoms with Crippen molar-refractivity contribution in [3.63, 3.8) is 0 Å². The summed E-state index contributed by atoms with van der Waals surface area (Å²) >= 11 is 9.57. The Hall–Kier alpha value is -1.65. The summed E-state index contributed by atoms with van der Waals surface area (Å²) in [6.45, 7) is 0.398. The molecule has 3 nitrogen and oxygen atoms in total. The van der Waals surface area contributed by atoms with Crippen LogP contribution >= 0.6 is 27.5 Å². The molecule has 0 atom stereocenters. The molecule has 0 saturated carbocycles. The van der Waals surface area contributed by atoms with Crippen molar-refractivity contribution in [2.24, 2.45) is 0 Å². The van der Waals surface area contributed by atoms with E-state index in [1.165, 1.54) is 6.07 Å². The zero-order valence-electron chi connectivity index (χ0n) is 10.4. The Bertz CT molecular complexity index is 845. The van der Waals surface area contributed by atoms with Crippen LogP contribution in [0.15, 0.2) is 57.9 Å². The van der Waals surface area contributed by atoms with E-state index in [1.807, 2.05) is 30.3 Å². The SMILES string of the molecule is O=c1ccc(Br)cn1Cc1cc2ccccc2nc1Cl.